The Labute approximate surface area is 133 Å². The fraction of sp³-hybridized carbons (Fsp3) is 0.111. The average Bonchev–Trinajstić information content (AvgIpc) is 2.53. The lowest BCUT2D eigenvalue weighted by atomic mass is 10.1. The Morgan fingerprint density at radius 1 is 0.810 bits per heavy atom. The van der Waals surface area contributed by atoms with Crippen molar-refractivity contribution in [2.75, 3.05) is 17.3 Å². The van der Waals surface area contributed by atoms with Crippen LogP contribution in [-0.4, -0.2) is 12.4 Å². The third-order valence-corrected chi connectivity index (χ3v) is 5.08. The third kappa shape index (κ3) is 2.19. The zero-order chi connectivity index (χ0) is 14.2. The molecule has 0 N–H and O–H groups in total. The van der Waals surface area contributed by atoms with E-state index in [0.717, 1.165) is 6.54 Å². The van der Waals surface area contributed by atoms with E-state index in [1.807, 2.05) is 11.8 Å². The number of benzene rings is 3. The predicted molar refractivity (Wildman–Crippen MR) is 92.2 cm³/mol. The Balaban J connectivity index is 1.94. The van der Waals surface area contributed by atoms with Gasteiger partial charge >= 0.3 is 0 Å². The van der Waals surface area contributed by atoms with Gasteiger partial charge in [0, 0.05) is 22.2 Å². The van der Waals surface area contributed by atoms with Gasteiger partial charge in [-0.2, -0.15) is 0 Å². The quantitative estimate of drug-likeness (QED) is 0.560. The van der Waals surface area contributed by atoms with E-state index in [2.05, 4.69) is 65.6 Å². The van der Waals surface area contributed by atoms with Crippen LogP contribution in [0.3, 0.4) is 0 Å². The minimum Gasteiger partial charge on any atom is -0.338 e. The molecule has 0 aromatic heterocycles. The standard InChI is InChI=1S/C18H14ClNS/c19-9-10-20-15-7-3-4-8-17(15)21-18-12-14-6-2-1-5-13(14)11-16(18)20/h1-8,11-12H,9-10H2. The molecule has 0 unspecified atom stereocenters. The fourth-order valence-electron chi connectivity index (χ4n) is 2.84. The SMILES string of the molecule is ClCCN1c2ccccc2Sc2cc3ccccc3cc21. The molecular weight excluding hydrogens is 298 g/mol. The number of hydrogen-bond donors (Lipinski definition) is 0. The number of hydrogen-bond acceptors (Lipinski definition) is 2. The zero-order valence-electron chi connectivity index (χ0n) is 11.4. The Hall–Kier alpha value is -1.64. The average molecular weight is 312 g/mol. The Morgan fingerprint density at radius 3 is 2.33 bits per heavy atom. The molecule has 0 amide bonds. The Bertz CT molecular complexity index is 815. The molecule has 0 saturated carbocycles. The van der Waals surface area contributed by atoms with Crippen LogP contribution in [0.4, 0.5) is 11.4 Å². The third-order valence-electron chi connectivity index (χ3n) is 3.80. The number of rotatable bonds is 2. The van der Waals surface area contributed by atoms with E-state index < -0.39 is 0 Å². The topological polar surface area (TPSA) is 3.24 Å². The van der Waals surface area contributed by atoms with Gasteiger partial charge in [-0.25, -0.2) is 0 Å². The van der Waals surface area contributed by atoms with Crippen molar-refractivity contribution in [2.45, 2.75) is 9.79 Å². The summed E-state index contributed by atoms with van der Waals surface area (Å²) in [7, 11) is 0. The number of para-hydroxylation sites is 1. The molecule has 0 fully saturated rings. The summed E-state index contributed by atoms with van der Waals surface area (Å²) in [6.45, 7) is 0.824. The fourth-order valence-corrected chi connectivity index (χ4v) is 4.14. The highest BCUT2D eigenvalue weighted by Gasteiger charge is 2.23. The number of nitrogens with zero attached hydrogens (tertiary/aromatic N) is 1. The van der Waals surface area contributed by atoms with Crippen LogP contribution in [0.1, 0.15) is 0 Å². The normalized spacial score (nSPS) is 13.1. The second kappa shape index (κ2) is 5.28. The van der Waals surface area contributed by atoms with Gasteiger partial charge < -0.3 is 4.90 Å². The van der Waals surface area contributed by atoms with Crippen molar-refractivity contribution in [3.8, 4) is 0 Å². The molecule has 0 bridgehead atoms. The molecule has 3 aromatic rings. The Kier molecular flexibility index (Phi) is 3.28. The number of fused-ring (bicyclic) bond motifs is 3. The van der Waals surface area contributed by atoms with Crippen LogP contribution in [-0.2, 0) is 0 Å². The van der Waals surface area contributed by atoms with Crippen molar-refractivity contribution in [1.29, 1.82) is 0 Å². The van der Waals surface area contributed by atoms with Crippen molar-refractivity contribution in [1.82, 2.24) is 0 Å². The van der Waals surface area contributed by atoms with E-state index in [1.165, 1.54) is 31.9 Å². The lowest BCUT2D eigenvalue weighted by Gasteiger charge is -2.32. The second-order valence-corrected chi connectivity index (χ2v) is 6.54. The van der Waals surface area contributed by atoms with E-state index in [4.69, 9.17) is 11.6 Å². The maximum absolute atomic E-state index is 6.04. The lowest BCUT2D eigenvalue weighted by molar-refractivity contribution is 0.987. The maximum atomic E-state index is 6.04. The molecule has 1 nitrogen and oxygen atoms in total. The van der Waals surface area contributed by atoms with E-state index in [0.29, 0.717) is 5.88 Å². The molecule has 1 aliphatic rings. The first-order valence-corrected chi connectivity index (χ1v) is 8.35. The molecule has 0 spiro atoms. The number of halogens is 1. The minimum atomic E-state index is 0.616. The van der Waals surface area contributed by atoms with Gasteiger partial charge in [-0.3, -0.25) is 0 Å². The van der Waals surface area contributed by atoms with Crippen LogP contribution in [0, 0.1) is 0 Å². The van der Waals surface area contributed by atoms with Gasteiger partial charge in [-0.05, 0) is 35.0 Å². The van der Waals surface area contributed by atoms with Crippen molar-refractivity contribution in [3.05, 3.63) is 60.7 Å². The van der Waals surface area contributed by atoms with Crippen LogP contribution in [0.5, 0.6) is 0 Å². The highest BCUT2D eigenvalue weighted by atomic mass is 35.5. The van der Waals surface area contributed by atoms with Gasteiger partial charge in [0.25, 0.3) is 0 Å². The van der Waals surface area contributed by atoms with Crippen molar-refractivity contribution in [2.24, 2.45) is 0 Å². The molecule has 0 atom stereocenters. The predicted octanol–water partition coefficient (Wildman–Crippen LogP) is 5.68. The first kappa shape index (κ1) is 13.1. The minimum absolute atomic E-state index is 0.616. The summed E-state index contributed by atoms with van der Waals surface area (Å²) in [5, 5.41) is 2.56. The van der Waals surface area contributed by atoms with Gasteiger partial charge in [0.15, 0.2) is 0 Å². The molecule has 4 rings (SSSR count). The van der Waals surface area contributed by atoms with Gasteiger partial charge in [0.1, 0.15) is 0 Å². The van der Waals surface area contributed by atoms with E-state index in [1.54, 1.807) is 0 Å². The summed E-state index contributed by atoms with van der Waals surface area (Å²) in [6, 6.07) is 21.6. The van der Waals surface area contributed by atoms with Gasteiger partial charge in [-0.15, -0.1) is 11.6 Å². The van der Waals surface area contributed by atoms with Gasteiger partial charge in [0.05, 0.1) is 11.4 Å². The van der Waals surface area contributed by atoms with Crippen LogP contribution < -0.4 is 4.90 Å². The summed E-state index contributed by atoms with van der Waals surface area (Å²) in [5.74, 6) is 0.616. The van der Waals surface area contributed by atoms with E-state index in [-0.39, 0.29) is 0 Å². The van der Waals surface area contributed by atoms with E-state index >= 15 is 0 Å². The molecule has 3 heteroatoms. The van der Waals surface area contributed by atoms with E-state index in [9.17, 15) is 0 Å². The summed E-state index contributed by atoms with van der Waals surface area (Å²) < 4.78 is 0. The molecule has 104 valence electrons. The van der Waals surface area contributed by atoms with Crippen LogP contribution >= 0.6 is 23.4 Å². The maximum Gasteiger partial charge on any atom is 0.0559 e. The van der Waals surface area contributed by atoms with Crippen molar-refractivity contribution >= 4 is 45.5 Å². The smallest absolute Gasteiger partial charge is 0.0559 e. The molecule has 0 radical (unpaired) electrons. The molecule has 1 aliphatic heterocycles. The molecule has 3 aromatic carbocycles. The van der Waals surface area contributed by atoms with Crippen molar-refractivity contribution in [3.63, 3.8) is 0 Å². The van der Waals surface area contributed by atoms with Crippen LogP contribution in [0.2, 0.25) is 0 Å². The summed E-state index contributed by atoms with van der Waals surface area (Å²) in [4.78, 5) is 4.93. The number of anilines is 2. The van der Waals surface area contributed by atoms with Gasteiger partial charge in [0.2, 0.25) is 0 Å². The molecule has 0 aliphatic carbocycles. The molecule has 0 saturated heterocycles. The highest BCUT2D eigenvalue weighted by Crippen LogP contribution is 2.49. The summed E-state index contributed by atoms with van der Waals surface area (Å²) >= 11 is 7.88. The van der Waals surface area contributed by atoms with Crippen LogP contribution in [0.25, 0.3) is 10.8 Å². The molecular formula is C18H14ClNS. The lowest BCUT2D eigenvalue weighted by Crippen LogP contribution is -2.22. The summed E-state index contributed by atoms with van der Waals surface area (Å²) in [5.41, 5.74) is 2.52. The highest BCUT2D eigenvalue weighted by molar-refractivity contribution is 7.99. The Morgan fingerprint density at radius 2 is 1.52 bits per heavy atom. The van der Waals surface area contributed by atoms with Crippen molar-refractivity contribution < 1.29 is 0 Å². The summed E-state index contributed by atoms with van der Waals surface area (Å²) in [6.07, 6.45) is 0. The molecule has 21 heavy (non-hydrogen) atoms. The molecule has 1 heterocycles. The first-order chi connectivity index (χ1) is 10.4. The number of alkyl halides is 1. The second-order valence-electron chi connectivity index (χ2n) is 5.08. The largest absolute Gasteiger partial charge is 0.338 e. The zero-order valence-corrected chi connectivity index (χ0v) is 13.0. The monoisotopic (exact) mass is 311 g/mol. The first-order valence-electron chi connectivity index (χ1n) is 7.00. The van der Waals surface area contributed by atoms with Gasteiger partial charge in [-0.1, -0.05) is 48.2 Å². The van der Waals surface area contributed by atoms with Crippen LogP contribution in [0.15, 0.2) is 70.5 Å².